The van der Waals surface area contributed by atoms with Crippen LogP contribution in [-0.4, -0.2) is 30.6 Å². The molecule has 0 aliphatic heterocycles. The number of hydrogen-bond donors (Lipinski definition) is 6. The molecule has 0 radical (unpaired) electrons. The molecule has 16 heteroatoms. The second kappa shape index (κ2) is 9.05. The first-order chi connectivity index (χ1) is 14.2. The van der Waals surface area contributed by atoms with Gasteiger partial charge in [0.1, 0.15) is 16.7 Å². The van der Waals surface area contributed by atoms with Crippen LogP contribution in [-0.2, 0) is 20.3 Å². The number of rotatable bonds is 9. The number of hydrazine groups is 1. The molecule has 0 amide bonds. The molecule has 0 saturated heterocycles. The van der Waals surface area contributed by atoms with E-state index in [1.165, 1.54) is 18.3 Å². The minimum atomic E-state index is -5.95. The maximum absolute atomic E-state index is 14.4. The van der Waals surface area contributed by atoms with Gasteiger partial charge >= 0.3 is 13.3 Å². The number of nitriles is 1. The Morgan fingerprint density at radius 2 is 2.06 bits per heavy atom. The Kier molecular flexibility index (Phi) is 7.28. The summed E-state index contributed by atoms with van der Waals surface area (Å²) < 4.78 is 67.8. The van der Waals surface area contributed by atoms with Crippen molar-refractivity contribution in [3.8, 4) is 11.8 Å². The van der Waals surface area contributed by atoms with Gasteiger partial charge in [0.25, 0.3) is 0 Å². The highest BCUT2D eigenvalue weighted by atomic mass is 32.2. The molecule has 1 heterocycles. The van der Waals surface area contributed by atoms with Gasteiger partial charge in [-0.2, -0.15) is 14.0 Å². The first kappa shape index (κ1) is 25.0. The van der Waals surface area contributed by atoms with Gasteiger partial charge in [0.05, 0.1) is 28.3 Å². The molecule has 0 bridgehead atoms. The van der Waals surface area contributed by atoms with Crippen LogP contribution in [0, 0.1) is 11.3 Å². The lowest BCUT2D eigenvalue weighted by atomic mass is 10.1. The summed E-state index contributed by atoms with van der Waals surface area (Å²) in [5.41, 5.74) is 3.00. The van der Waals surface area contributed by atoms with Crippen molar-refractivity contribution in [1.29, 1.82) is 5.26 Å². The van der Waals surface area contributed by atoms with Crippen molar-refractivity contribution in [2.45, 2.75) is 12.1 Å². The number of nitrogens with zero attached hydrogens (tertiary/aromatic N) is 1. The molecule has 0 spiro atoms. The Bertz CT molecular complexity index is 1220. The van der Waals surface area contributed by atoms with Crippen LogP contribution in [0.15, 0.2) is 18.3 Å². The average Bonchev–Trinajstić information content (AvgIpc) is 3.02. The number of benzene rings is 1. The second-order valence-corrected chi connectivity index (χ2v) is 10.6. The molecular weight excluding hydrogens is 479 g/mol. The maximum atomic E-state index is 14.4. The van der Waals surface area contributed by atoms with Crippen LogP contribution in [0.3, 0.4) is 0 Å². The normalized spacial score (nSPS) is 13.3. The lowest BCUT2D eigenvalue weighted by Crippen LogP contribution is -2.18. The summed E-state index contributed by atoms with van der Waals surface area (Å²) in [4.78, 5) is 17.0. The molecule has 9 N–H and O–H groups in total. The summed E-state index contributed by atoms with van der Waals surface area (Å²) in [5.74, 6) is 4.73. The van der Waals surface area contributed by atoms with E-state index in [-0.39, 0.29) is 51.5 Å². The number of halogens is 2. The van der Waals surface area contributed by atoms with E-state index in [4.69, 9.17) is 31.2 Å². The lowest BCUT2D eigenvalue weighted by molar-refractivity contribution is 0.0599. The SMILES string of the molecule is N#Cc1c(C(F)(F)P(=O)(O)O)sc2c(OCCCS(N)(=O)=O)cc(/C(N)=C/NN)cc12. The summed E-state index contributed by atoms with van der Waals surface area (Å²) in [6, 6.07) is 4.15. The predicted octanol–water partition coefficient (Wildman–Crippen LogP) is 0.778. The third-order valence-corrected chi connectivity index (χ3v) is 7.16. The van der Waals surface area contributed by atoms with Crippen molar-refractivity contribution in [3.05, 3.63) is 34.3 Å². The summed E-state index contributed by atoms with van der Waals surface area (Å²) in [6.07, 6.45) is 1.15. The largest absolute Gasteiger partial charge is 0.492 e. The minimum absolute atomic E-state index is 0.00691. The molecule has 11 nitrogen and oxygen atoms in total. The van der Waals surface area contributed by atoms with Crippen molar-refractivity contribution >= 4 is 44.7 Å². The smallest absolute Gasteiger partial charge is 0.400 e. The molecule has 0 unspecified atom stereocenters. The van der Waals surface area contributed by atoms with E-state index in [0.717, 1.165) is 0 Å². The molecule has 0 fully saturated rings. The Morgan fingerprint density at radius 1 is 1.42 bits per heavy atom. The molecule has 1 aromatic carbocycles. The van der Waals surface area contributed by atoms with Crippen LogP contribution in [0.1, 0.15) is 22.4 Å². The number of ether oxygens (including phenoxy) is 1. The molecule has 2 rings (SSSR count). The van der Waals surface area contributed by atoms with Gasteiger partial charge in [-0.05, 0) is 18.6 Å². The van der Waals surface area contributed by atoms with E-state index in [9.17, 15) is 27.0 Å². The van der Waals surface area contributed by atoms with Crippen molar-refractivity contribution < 1.29 is 36.3 Å². The van der Waals surface area contributed by atoms with Crippen LogP contribution in [0.4, 0.5) is 8.78 Å². The zero-order valence-electron chi connectivity index (χ0n) is 15.6. The maximum Gasteiger partial charge on any atom is 0.400 e. The van der Waals surface area contributed by atoms with Gasteiger partial charge in [0, 0.05) is 17.1 Å². The number of hydrogen-bond acceptors (Lipinski definition) is 9. The number of alkyl halides is 2. The van der Waals surface area contributed by atoms with Crippen LogP contribution >= 0.6 is 18.9 Å². The van der Waals surface area contributed by atoms with E-state index < -0.39 is 39.5 Å². The molecule has 31 heavy (non-hydrogen) atoms. The van der Waals surface area contributed by atoms with Gasteiger partial charge in [-0.15, -0.1) is 11.3 Å². The van der Waals surface area contributed by atoms with E-state index in [1.807, 2.05) is 0 Å². The fourth-order valence-electron chi connectivity index (χ4n) is 2.51. The third-order valence-electron chi connectivity index (χ3n) is 3.91. The average molecular weight is 497 g/mol. The van der Waals surface area contributed by atoms with Crippen molar-refractivity contribution in [2.24, 2.45) is 16.7 Å². The number of nitrogens with one attached hydrogen (secondary N) is 1. The van der Waals surface area contributed by atoms with Gasteiger partial charge in [0.2, 0.25) is 10.0 Å². The number of sulfonamides is 1. The molecule has 0 atom stereocenters. The molecule has 2 aromatic rings. The zero-order valence-corrected chi connectivity index (χ0v) is 18.1. The molecule has 0 saturated carbocycles. The lowest BCUT2D eigenvalue weighted by Gasteiger charge is -2.16. The molecule has 0 aliphatic rings. The Balaban J connectivity index is 2.69. The van der Waals surface area contributed by atoms with E-state index in [0.29, 0.717) is 0 Å². The standard InChI is InChI=1S/C15H18F2N5O6PS2/c16-15(17,29(23,24)25)14-10(6-18)9-4-8(11(19)7-22-20)5-12(13(9)30-14)28-2-1-3-31(21,26)27/h4-5,7,22H,1-3,19-20H2,(H2,21,26,27)(H2,23,24,25)/b11-7-. The van der Waals surface area contributed by atoms with E-state index in [2.05, 4.69) is 5.43 Å². The third kappa shape index (κ3) is 5.49. The Labute approximate surface area is 179 Å². The highest BCUT2D eigenvalue weighted by Crippen LogP contribution is 2.62. The summed E-state index contributed by atoms with van der Waals surface area (Å²) in [5, 5.41) is 14.3. The van der Waals surface area contributed by atoms with Gasteiger partial charge < -0.3 is 25.7 Å². The Hall–Kier alpha value is -2.31. The van der Waals surface area contributed by atoms with Crippen LogP contribution in [0.25, 0.3) is 15.8 Å². The highest BCUT2D eigenvalue weighted by molar-refractivity contribution is 7.89. The fourth-order valence-corrected chi connectivity index (χ4v) is 4.98. The molecule has 170 valence electrons. The number of thiophene rings is 1. The van der Waals surface area contributed by atoms with Crippen LogP contribution in [0.5, 0.6) is 5.75 Å². The van der Waals surface area contributed by atoms with Crippen molar-refractivity contribution in [3.63, 3.8) is 0 Å². The summed E-state index contributed by atoms with van der Waals surface area (Å²) in [7, 11) is -9.70. The number of nitrogens with two attached hydrogens (primary N) is 3. The van der Waals surface area contributed by atoms with Crippen molar-refractivity contribution in [1.82, 2.24) is 5.43 Å². The molecule has 0 aliphatic carbocycles. The zero-order chi connectivity index (χ0) is 23.6. The first-order valence-corrected chi connectivity index (χ1v) is 12.4. The second-order valence-electron chi connectivity index (χ2n) is 6.19. The Morgan fingerprint density at radius 3 is 2.58 bits per heavy atom. The summed E-state index contributed by atoms with van der Waals surface area (Å²) >= 11 is 0.273. The quantitative estimate of drug-likeness (QED) is 0.124. The van der Waals surface area contributed by atoms with Gasteiger partial charge in [-0.1, -0.05) is 0 Å². The molecule has 1 aromatic heterocycles. The minimum Gasteiger partial charge on any atom is -0.492 e. The topological polar surface area (TPSA) is 215 Å². The fraction of sp³-hybridized carbons (Fsp3) is 0.267. The van der Waals surface area contributed by atoms with Gasteiger partial charge in [0.15, 0.2) is 0 Å². The first-order valence-electron chi connectivity index (χ1n) is 8.23. The van der Waals surface area contributed by atoms with Crippen LogP contribution < -0.4 is 26.9 Å². The molecular formula is C15H18F2N5O6PS2. The number of fused-ring (bicyclic) bond motifs is 1. The monoisotopic (exact) mass is 497 g/mol. The summed E-state index contributed by atoms with van der Waals surface area (Å²) in [6.45, 7) is -0.183. The van der Waals surface area contributed by atoms with Gasteiger partial charge in [-0.3, -0.25) is 10.4 Å². The van der Waals surface area contributed by atoms with Gasteiger partial charge in [-0.25, -0.2) is 13.6 Å². The number of primary sulfonamides is 1. The van der Waals surface area contributed by atoms with Crippen molar-refractivity contribution in [2.75, 3.05) is 12.4 Å². The highest BCUT2D eigenvalue weighted by Gasteiger charge is 2.53. The predicted molar refractivity (Wildman–Crippen MR) is 110 cm³/mol. The van der Waals surface area contributed by atoms with E-state index >= 15 is 0 Å². The van der Waals surface area contributed by atoms with Crippen LogP contribution in [0.2, 0.25) is 0 Å². The van der Waals surface area contributed by atoms with E-state index in [1.54, 1.807) is 6.07 Å².